The minimum absolute atomic E-state index is 0.0290. The van der Waals surface area contributed by atoms with Crippen LogP contribution >= 0.6 is 0 Å². The van der Waals surface area contributed by atoms with Crippen molar-refractivity contribution < 1.29 is 14.3 Å². The highest BCUT2D eigenvalue weighted by Crippen LogP contribution is 2.19. The second-order valence-corrected chi connectivity index (χ2v) is 5.62. The van der Waals surface area contributed by atoms with Crippen molar-refractivity contribution >= 4 is 11.8 Å². The molecule has 116 valence electrons. The first kappa shape index (κ1) is 16.9. The van der Waals surface area contributed by atoms with E-state index in [1.807, 2.05) is 27.7 Å². The fraction of sp³-hybridized carbons (Fsp3) is 0.857. The number of nitrogens with one attached hydrogen (secondary N) is 1. The van der Waals surface area contributed by atoms with Gasteiger partial charge < -0.3 is 20.7 Å². The molecule has 0 aliphatic carbocycles. The maximum absolute atomic E-state index is 12.6. The van der Waals surface area contributed by atoms with Gasteiger partial charge in [-0.05, 0) is 26.7 Å². The summed E-state index contributed by atoms with van der Waals surface area (Å²) in [6.07, 6.45) is 1.11. The Morgan fingerprint density at radius 2 is 2.00 bits per heavy atom. The zero-order chi connectivity index (χ0) is 15.3. The summed E-state index contributed by atoms with van der Waals surface area (Å²) in [7, 11) is 0. The van der Waals surface area contributed by atoms with E-state index >= 15 is 0 Å². The number of hydrogen-bond acceptors (Lipinski definition) is 4. The quantitative estimate of drug-likeness (QED) is 0.758. The van der Waals surface area contributed by atoms with Gasteiger partial charge in [-0.25, -0.2) is 0 Å². The predicted molar refractivity (Wildman–Crippen MR) is 77.1 cm³/mol. The molecular formula is C14H27N3O3. The molecule has 2 amide bonds. The second kappa shape index (κ2) is 7.04. The van der Waals surface area contributed by atoms with Crippen LogP contribution in [0, 0.1) is 0 Å². The van der Waals surface area contributed by atoms with Crippen molar-refractivity contribution in [2.45, 2.75) is 58.2 Å². The van der Waals surface area contributed by atoms with Crippen molar-refractivity contribution in [2.24, 2.45) is 5.73 Å². The lowest BCUT2D eigenvalue weighted by molar-refractivity contribution is -0.153. The normalized spacial score (nSPS) is 20.1. The van der Waals surface area contributed by atoms with Crippen molar-refractivity contribution in [3.63, 3.8) is 0 Å². The van der Waals surface area contributed by atoms with Crippen LogP contribution in [-0.2, 0) is 14.3 Å². The standard InChI is InChI=1S/C14H27N3O3/c1-5-14(15,6-2)13(19)17-7-8-20-9-11(17)12(18)16-10(3)4/h10-11H,5-9,15H2,1-4H3,(H,16,18). The van der Waals surface area contributed by atoms with Gasteiger partial charge in [-0.15, -0.1) is 0 Å². The summed E-state index contributed by atoms with van der Waals surface area (Å²) in [6.45, 7) is 8.65. The van der Waals surface area contributed by atoms with Crippen LogP contribution < -0.4 is 11.1 Å². The molecule has 1 aliphatic rings. The number of carbonyl (C=O) groups excluding carboxylic acids is 2. The smallest absolute Gasteiger partial charge is 0.245 e. The Bertz CT molecular complexity index is 354. The van der Waals surface area contributed by atoms with Crippen LogP contribution in [0.3, 0.4) is 0 Å². The Balaban J connectivity index is 2.88. The van der Waals surface area contributed by atoms with E-state index in [0.717, 1.165) is 0 Å². The van der Waals surface area contributed by atoms with Crippen LogP contribution in [-0.4, -0.2) is 54.1 Å². The minimum Gasteiger partial charge on any atom is -0.377 e. The van der Waals surface area contributed by atoms with Gasteiger partial charge >= 0.3 is 0 Å². The van der Waals surface area contributed by atoms with Crippen molar-refractivity contribution in [3.05, 3.63) is 0 Å². The summed E-state index contributed by atoms with van der Waals surface area (Å²) >= 11 is 0. The molecule has 1 fully saturated rings. The zero-order valence-corrected chi connectivity index (χ0v) is 12.9. The average Bonchev–Trinajstić information content (AvgIpc) is 2.44. The summed E-state index contributed by atoms with van der Waals surface area (Å²) in [5.41, 5.74) is 5.28. The van der Waals surface area contributed by atoms with Gasteiger partial charge in [0.2, 0.25) is 11.8 Å². The maximum Gasteiger partial charge on any atom is 0.245 e. The third-order valence-electron chi connectivity index (χ3n) is 3.81. The number of amides is 2. The molecule has 6 nitrogen and oxygen atoms in total. The average molecular weight is 285 g/mol. The molecular weight excluding hydrogens is 258 g/mol. The van der Waals surface area contributed by atoms with Crippen molar-refractivity contribution in [1.29, 1.82) is 0 Å². The molecule has 0 radical (unpaired) electrons. The number of nitrogens with two attached hydrogens (primary N) is 1. The molecule has 20 heavy (non-hydrogen) atoms. The van der Waals surface area contributed by atoms with E-state index in [2.05, 4.69) is 5.32 Å². The number of hydrogen-bond donors (Lipinski definition) is 2. The molecule has 1 saturated heterocycles. The van der Waals surface area contributed by atoms with Gasteiger partial charge in [0.15, 0.2) is 0 Å². The molecule has 0 bridgehead atoms. The first-order valence-electron chi connectivity index (χ1n) is 7.33. The Morgan fingerprint density at radius 3 is 2.50 bits per heavy atom. The fourth-order valence-electron chi connectivity index (χ4n) is 2.28. The molecule has 1 unspecified atom stereocenters. The van der Waals surface area contributed by atoms with E-state index in [1.54, 1.807) is 4.90 Å². The highest BCUT2D eigenvalue weighted by Gasteiger charge is 2.40. The highest BCUT2D eigenvalue weighted by atomic mass is 16.5. The lowest BCUT2D eigenvalue weighted by Gasteiger charge is -2.40. The maximum atomic E-state index is 12.6. The fourth-order valence-corrected chi connectivity index (χ4v) is 2.28. The SMILES string of the molecule is CCC(N)(CC)C(=O)N1CCOCC1C(=O)NC(C)C. The van der Waals surface area contributed by atoms with Crippen LogP contribution in [0.4, 0.5) is 0 Å². The third kappa shape index (κ3) is 3.70. The van der Waals surface area contributed by atoms with E-state index in [4.69, 9.17) is 10.5 Å². The Kier molecular flexibility index (Phi) is 5.95. The summed E-state index contributed by atoms with van der Waals surface area (Å²) in [4.78, 5) is 26.4. The van der Waals surface area contributed by atoms with E-state index in [1.165, 1.54) is 0 Å². The molecule has 0 aromatic rings. The summed E-state index contributed by atoms with van der Waals surface area (Å²) in [5, 5.41) is 2.83. The topological polar surface area (TPSA) is 84.7 Å². The predicted octanol–water partition coefficient (Wildman–Crippen LogP) is 0.256. The van der Waals surface area contributed by atoms with Crippen molar-refractivity contribution in [1.82, 2.24) is 10.2 Å². The van der Waals surface area contributed by atoms with E-state index in [0.29, 0.717) is 26.0 Å². The lowest BCUT2D eigenvalue weighted by Crippen LogP contribution is -2.63. The second-order valence-electron chi connectivity index (χ2n) is 5.62. The summed E-state index contributed by atoms with van der Waals surface area (Å²) < 4.78 is 5.35. The largest absolute Gasteiger partial charge is 0.377 e. The molecule has 0 aromatic carbocycles. The van der Waals surface area contributed by atoms with E-state index in [-0.39, 0.29) is 24.5 Å². The first-order valence-corrected chi connectivity index (χ1v) is 7.33. The van der Waals surface area contributed by atoms with Crippen molar-refractivity contribution in [3.8, 4) is 0 Å². The minimum atomic E-state index is -0.895. The molecule has 0 spiro atoms. The van der Waals surface area contributed by atoms with Crippen LogP contribution in [0.15, 0.2) is 0 Å². The van der Waals surface area contributed by atoms with Gasteiger partial charge in [0.05, 0.1) is 18.8 Å². The number of nitrogens with zero attached hydrogens (tertiary/aromatic N) is 1. The third-order valence-corrected chi connectivity index (χ3v) is 3.81. The number of carbonyl (C=O) groups is 2. The Morgan fingerprint density at radius 1 is 1.40 bits per heavy atom. The van der Waals surface area contributed by atoms with Gasteiger partial charge in [0, 0.05) is 12.6 Å². The number of rotatable bonds is 5. The lowest BCUT2D eigenvalue weighted by atomic mass is 9.91. The van der Waals surface area contributed by atoms with Crippen molar-refractivity contribution in [2.75, 3.05) is 19.8 Å². The Hall–Kier alpha value is -1.14. The van der Waals surface area contributed by atoms with Gasteiger partial charge in [0.1, 0.15) is 6.04 Å². The van der Waals surface area contributed by atoms with Gasteiger partial charge in [-0.1, -0.05) is 13.8 Å². The summed E-state index contributed by atoms with van der Waals surface area (Å²) in [5.74, 6) is -0.336. The summed E-state index contributed by atoms with van der Waals surface area (Å²) in [6, 6.07) is -0.555. The molecule has 6 heteroatoms. The molecule has 1 atom stereocenters. The van der Waals surface area contributed by atoms with Crippen LogP contribution in [0.2, 0.25) is 0 Å². The molecule has 1 aliphatic heterocycles. The Labute approximate surface area is 121 Å². The van der Waals surface area contributed by atoms with Gasteiger partial charge in [0.25, 0.3) is 0 Å². The zero-order valence-electron chi connectivity index (χ0n) is 12.9. The number of morpholine rings is 1. The van der Waals surface area contributed by atoms with Gasteiger partial charge in [-0.2, -0.15) is 0 Å². The number of ether oxygens (including phenoxy) is 1. The van der Waals surface area contributed by atoms with Crippen LogP contribution in [0.1, 0.15) is 40.5 Å². The molecule has 0 saturated carbocycles. The molecule has 0 aromatic heterocycles. The first-order chi connectivity index (χ1) is 9.35. The van der Waals surface area contributed by atoms with E-state index < -0.39 is 11.6 Å². The monoisotopic (exact) mass is 285 g/mol. The molecule has 3 N–H and O–H groups in total. The van der Waals surface area contributed by atoms with Gasteiger partial charge in [-0.3, -0.25) is 9.59 Å². The van der Waals surface area contributed by atoms with Crippen LogP contribution in [0.25, 0.3) is 0 Å². The molecule has 1 heterocycles. The molecule has 1 rings (SSSR count). The van der Waals surface area contributed by atoms with E-state index in [9.17, 15) is 9.59 Å². The highest BCUT2D eigenvalue weighted by molar-refractivity contribution is 5.92. The van der Waals surface area contributed by atoms with Crippen LogP contribution in [0.5, 0.6) is 0 Å².